The zero-order valence-corrected chi connectivity index (χ0v) is 18.4. The average Bonchev–Trinajstić information content (AvgIpc) is 3.14. The highest BCUT2D eigenvalue weighted by atomic mass is 19.1. The van der Waals surface area contributed by atoms with Crippen molar-refractivity contribution in [3.05, 3.63) is 29.1 Å². The van der Waals surface area contributed by atoms with Gasteiger partial charge in [-0.1, -0.05) is 13.3 Å². The van der Waals surface area contributed by atoms with Gasteiger partial charge < -0.3 is 19.7 Å². The standard InChI is InChI=1S/C25H37FO4/c1-25-11-5-6-20(25)18-9-8-16-14-23(21(26)15-19(16)17(18)10-12-25)30-22(24(28)29-2)7-3-4-13-27/h14-15,17-18,20,22,24,27-28H,3-13H2,1-2H3/t17-,18+,20-,22?,24?,25-/m0/s1. The van der Waals surface area contributed by atoms with Crippen LogP contribution in [0.1, 0.15) is 81.8 Å². The highest BCUT2D eigenvalue weighted by Crippen LogP contribution is 2.61. The van der Waals surface area contributed by atoms with Gasteiger partial charge in [-0.25, -0.2) is 4.39 Å². The van der Waals surface area contributed by atoms with Crippen LogP contribution in [0.2, 0.25) is 0 Å². The molecule has 4 rings (SSSR count). The van der Waals surface area contributed by atoms with Crippen molar-refractivity contribution < 1.29 is 24.1 Å². The van der Waals surface area contributed by atoms with Crippen LogP contribution in [-0.4, -0.2) is 36.3 Å². The molecule has 0 bridgehead atoms. The van der Waals surface area contributed by atoms with E-state index in [0.717, 1.165) is 18.8 Å². The number of unbranched alkanes of at least 4 members (excludes halogenated alkanes) is 1. The first kappa shape index (κ1) is 22.0. The van der Waals surface area contributed by atoms with Crippen molar-refractivity contribution in [1.82, 2.24) is 0 Å². The molecule has 4 nitrogen and oxygen atoms in total. The molecular formula is C25H37FO4. The van der Waals surface area contributed by atoms with Gasteiger partial charge in [0.05, 0.1) is 0 Å². The highest BCUT2D eigenvalue weighted by Gasteiger charge is 2.50. The Balaban J connectivity index is 1.54. The number of aliphatic hydroxyl groups excluding tert-OH is 2. The van der Waals surface area contributed by atoms with Gasteiger partial charge >= 0.3 is 0 Å². The molecule has 5 heteroatoms. The van der Waals surface area contributed by atoms with Crippen LogP contribution in [0.25, 0.3) is 0 Å². The van der Waals surface area contributed by atoms with E-state index in [0.29, 0.717) is 36.5 Å². The van der Waals surface area contributed by atoms with Crippen LogP contribution >= 0.6 is 0 Å². The minimum atomic E-state index is -1.12. The van der Waals surface area contributed by atoms with E-state index in [1.807, 2.05) is 6.07 Å². The fraction of sp³-hybridized carbons (Fsp3) is 0.760. The van der Waals surface area contributed by atoms with Gasteiger partial charge in [-0.15, -0.1) is 0 Å². The molecule has 0 aliphatic heterocycles. The van der Waals surface area contributed by atoms with Crippen LogP contribution in [-0.2, 0) is 11.2 Å². The second-order valence-electron chi connectivity index (χ2n) is 9.98. The predicted molar refractivity (Wildman–Crippen MR) is 114 cm³/mol. The number of methoxy groups -OCH3 is 1. The smallest absolute Gasteiger partial charge is 0.191 e. The maximum Gasteiger partial charge on any atom is 0.191 e. The minimum Gasteiger partial charge on any atom is -0.482 e. The van der Waals surface area contributed by atoms with E-state index in [1.54, 1.807) is 6.07 Å². The molecule has 0 saturated heterocycles. The Kier molecular flexibility index (Phi) is 6.71. The molecular weight excluding hydrogens is 383 g/mol. The van der Waals surface area contributed by atoms with Crippen molar-refractivity contribution in [1.29, 1.82) is 0 Å². The zero-order chi connectivity index (χ0) is 21.3. The molecule has 0 spiro atoms. The zero-order valence-electron chi connectivity index (χ0n) is 18.4. The Morgan fingerprint density at radius 3 is 2.80 bits per heavy atom. The van der Waals surface area contributed by atoms with Crippen LogP contribution in [0.4, 0.5) is 4.39 Å². The van der Waals surface area contributed by atoms with Crippen LogP contribution in [0.5, 0.6) is 5.75 Å². The summed E-state index contributed by atoms with van der Waals surface area (Å²) in [7, 11) is 1.41. The summed E-state index contributed by atoms with van der Waals surface area (Å²) >= 11 is 0. The van der Waals surface area contributed by atoms with Crippen molar-refractivity contribution in [3.63, 3.8) is 0 Å². The molecule has 2 saturated carbocycles. The topological polar surface area (TPSA) is 58.9 Å². The molecule has 0 aromatic heterocycles. The molecule has 1 aromatic rings. The van der Waals surface area contributed by atoms with Gasteiger partial charge in [-0.05, 0) is 104 Å². The number of hydrogen-bond acceptors (Lipinski definition) is 4. The third kappa shape index (κ3) is 4.13. The molecule has 2 N–H and O–H groups in total. The maximum absolute atomic E-state index is 15.1. The van der Waals surface area contributed by atoms with Gasteiger partial charge in [-0.2, -0.15) is 0 Å². The van der Waals surface area contributed by atoms with E-state index in [-0.39, 0.29) is 18.2 Å². The fourth-order valence-corrected chi connectivity index (χ4v) is 6.69. The normalized spacial score (nSPS) is 32.1. The number of aryl methyl sites for hydroxylation is 1. The van der Waals surface area contributed by atoms with Gasteiger partial charge in [0.25, 0.3) is 0 Å². The highest BCUT2D eigenvalue weighted by molar-refractivity contribution is 5.42. The van der Waals surface area contributed by atoms with Crippen LogP contribution in [0, 0.1) is 23.1 Å². The lowest BCUT2D eigenvalue weighted by Gasteiger charge is -2.49. The largest absolute Gasteiger partial charge is 0.482 e. The predicted octanol–water partition coefficient (Wildman–Crippen LogP) is 4.95. The summed E-state index contributed by atoms with van der Waals surface area (Å²) in [6.07, 6.45) is 8.63. The van der Waals surface area contributed by atoms with E-state index in [4.69, 9.17) is 14.6 Å². The lowest BCUT2D eigenvalue weighted by atomic mass is 9.56. The van der Waals surface area contributed by atoms with Crippen molar-refractivity contribution >= 4 is 0 Å². The Labute approximate surface area is 179 Å². The lowest BCUT2D eigenvalue weighted by Crippen LogP contribution is -2.39. The molecule has 6 atom stereocenters. The van der Waals surface area contributed by atoms with Gasteiger partial charge in [0.2, 0.25) is 0 Å². The van der Waals surface area contributed by atoms with Crippen molar-refractivity contribution in [2.45, 2.75) is 89.4 Å². The first-order chi connectivity index (χ1) is 14.5. The summed E-state index contributed by atoms with van der Waals surface area (Å²) in [5.41, 5.74) is 2.89. The summed E-state index contributed by atoms with van der Waals surface area (Å²) in [4.78, 5) is 0. The number of halogens is 1. The lowest BCUT2D eigenvalue weighted by molar-refractivity contribution is -0.138. The van der Waals surface area contributed by atoms with Crippen LogP contribution < -0.4 is 4.74 Å². The first-order valence-electron chi connectivity index (χ1n) is 11.8. The number of rotatable bonds is 8. The molecule has 1 aromatic carbocycles. The molecule has 2 fully saturated rings. The monoisotopic (exact) mass is 420 g/mol. The van der Waals surface area contributed by atoms with E-state index < -0.39 is 12.4 Å². The molecule has 0 heterocycles. The Morgan fingerprint density at radius 2 is 2.03 bits per heavy atom. The number of hydrogen-bond donors (Lipinski definition) is 2. The Bertz CT molecular complexity index is 738. The van der Waals surface area contributed by atoms with Crippen LogP contribution in [0.3, 0.4) is 0 Å². The van der Waals surface area contributed by atoms with Gasteiger partial charge in [0, 0.05) is 13.7 Å². The van der Waals surface area contributed by atoms with Crippen molar-refractivity contribution in [2.24, 2.45) is 17.3 Å². The Morgan fingerprint density at radius 1 is 1.20 bits per heavy atom. The van der Waals surface area contributed by atoms with Gasteiger partial charge in [0.1, 0.15) is 6.10 Å². The summed E-state index contributed by atoms with van der Waals surface area (Å²) in [5.74, 6) is 1.81. The number of ether oxygens (including phenoxy) is 2. The fourth-order valence-electron chi connectivity index (χ4n) is 6.69. The van der Waals surface area contributed by atoms with Gasteiger partial charge in [-0.3, -0.25) is 0 Å². The second kappa shape index (κ2) is 9.13. The average molecular weight is 421 g/mol. The molecule has 30 heavy (non-hydrogen) atoms. The molecule has 168 valence electrons. The van der Waals surface area contributed by atoms with Crippen LogP contribution in [0.15, 0.2) is 12.1 Å². The SMILES string of the molecule is COC(O)C(CCCCO)Oc1cc2c(cc1F)[C@H]1CC[C@]3(C)CCC[C@H]3[C@@H]1CC2. The molecule has 3 aliphatic carbocycles. The molecule has 0 amide bonds. The van der Waals surface area contributed by atoms with E-state index >= 15 is 4.39 Å². The third-order valence-corrected chi connectivity index (χ3v) is 8.29. The van der Waals surface area contributed by atoms with E-state index in [2.05, 4.69) is 6.92 Å². The Hall–Kier alpha value is -1.17. The summed E-state index contributed by atoms with van der Waals surface area (Å²) in [5, 5.41) is 19.2. The first-order valence-corrected chi connectivity index (χ1v) is 11.8. The van der Waals surface area contributed by atoms with Crippen molar-refractivity contribution in [3.8, 4) is 5.75 Å². The van der Waals surface area contributed by atoms with E-state index in [9.17, 15) is 5.11 Å². The molecule has 3 aliphatic rings. The maximum atomic E-state index is 15.1. The number of benzene rings is 1. The number of aliphatic hydroxyl groups is 2. The quantitative estimate of drug-likeness (QED) is 0.462. The van der Waals surface area contributed by atoms with E-state index in [1.165, 1.54) is 50.3 Å². The summed E-state index contributed by atoms with van der Waals surface area (Å²) in [6, 6.07) is 3.58. The third-order valence-electron chi connectivity index (χ3n) is 8.29. The molecule has 2 unspecified atom stereocenters. The molecule has 0 radical (unpaired) electrons. The number of fused-ring (bicyclic) bond motifs is 5. The van der Waals surface area contributed by atoms with Gasteiger partial charge in [0.15, 0.2) is 17.9 Å². The summed E-state index contributed by atoms with van der Waals surface area (Å²) in [6.45, 7) is 2.57. The summed E-state index contributed by atoms with van der Waals surface area (Å²) < 4.78 is 26.0. The minimum absolute atomic E-state index is 0.0889. The van der Waals surface area contributed by atoms with Crippen molar-refractivity contribution in [2.75, 3.05) is 13.7 Å². The second-order valence-corrected chi connectivity index (χ2v) is 9.98.